The zero-order valence-electron chi connectivity index (χ0n) is 36.9. The summed E-state index contributed by atoms with van der Waals surface area (Å²) in [6.07, 6.45) is 0. The molecular weight excluding hydrogens is 827 g/mol. The average molecular weight is 868 g/mol. The molecule has 0 fully saturated rings. The van der Waals surface area contributed by atoms with Crippen molar-refractivity contribution in [3.8, 4) is 78.7 Å². The van der Waals surface area contributed by atoms with Crippen LogP contribution in [-0.4, -0.2) is 15.0 Å². The molecule has 1 aliphatic rings. The van der Waals surface area contributed by atoms with Gasteiger partial charge in [-0.25, -0.2) is 15.0 Å². The van der Waals surface area contributed by atoms with Gasteiger partial charge in [0.1, 0.15) is 11.2 Å². The van der Waals surface area contributed by atoms with Crippen LogP contribution in [-0.2, 0) is 5.41 Å². The first-order chi connectivity index (χ1) is 33.7. The van der Waals surface area contributed by atoms with Crippen LogP contribution in [0.4, 0.5) is 0 Å². The maximum atomic E-state index is 6.25. The predicted octanol–water partition coefficient (Wildman–Crippen LogP) is 16.1. The molecule has 0 bridgehead atoms. The van der Waals surface area contributed by atoms with Crippen molar-refractivity contribution in [3.05, 3.63) is 271 Å². The van der Waals surface area contributed by atoms with Crippen LogP contribution in [0.5, 0.6) is 0 Å². The number of aromatic nitrogens is 3. The lowest BCUT2D eigenvalue weighted by molar-refractivity contribution is 0.669. The van der Waals surface area contributed by atoms with Gasteiger partial charge in [-0.05, 0) is 104 Å². The molecule has 0 aliphatic heterocycles. The van der Waals surface area contributed by atoms with E-state index in [0.717, 1.165) is 72.0 Å². The number of para-hydroxylation sites is 1. The van der Waals surface area contributed by atoms with Crippen molar-refractivity contribution < 1.29 is 4.42 Å². The lowest BCUT2D eigenvalue weighted by Gasteiger charge is -2.34. The molecule has 0 spiro atoms. The van der Waals surface area contributed by atoms with Crippen molar-refractivity contribution in [3.63, 3.8) is 0 Å². The number of nitrogens with zero attached hydrogens (tertiary/aromatic N) is 3. The van der Waals surface area contributed by atoms with Gasteiger partial charge in [0.25, 0.3) is 0 Å². The highest BCUT2D eigenvalue weighted by Gasteiger charge is 2.46. The van der Waals surface area contributed by atoms with E-state index < -0.39 is 5.41 Å². The molecule has 13 rings (SSSR count). The molecular formula is C64H41N3O. The highest BCUT2D eigenvalue weighted by molar-refractivity contribution is 6.06. The van der Waals surface area contributed by atoms with Gasteiger partial charge < -0.3 is 4.42 Å². The summed E-state index contributed by atoms with van der Waals surface area (Å²) in [5, 5.41) is 2.07. The first-order valence-corrected chi connectivity index (χ1v) is 23.1. The fourth-order valence-corrected chi connectivity index (χ4v) is 10.6. The molecule has 0 amide bonds. The van der Waals surface area contributed by atoms with Gasteiger partial charge in [-0.15, -0.1) is 0 Å². The van der Waals surface area contributed by atoms with Gasteiger partial charge in [-0.2, -0.15) is 0 Å². The fraction of sp³-hybridized carbons (Fsp3) is 0.0156. The standard InChI is InChI=1S/C64H41N3O/c1-6-20-42(21-7-1)47-40-52(45-34-36-57-53(38-45)50-30-16-18-32-56(50)64(57,48-26-12-4-13-27-48)49-28-14-5-15-29-49)60(43-22-8-2-9-23-43)55(41-47)63-66-61(44-24-10-3-11-25-44)65-62(67-63)46-35-37-59-54(39-46)51-31-17-19-33-58(51)68-59/h1-41H. The van der Waals surface area contributed by atoms with Gasteiger partial charge in [-0.3, -0.25) is 0 Å². The van der Waals surface area contributed by atoms with Crippen molar-refractivity contribution in [2.75, 3.05) is 0 Å². The summed E-state index contributed by atoms with van der Waals surface area (Å²) >= 11 is 0. The van der Waals surface area contributed by atoms with Gasteiger partial charge in [0.2, 0.25) is 0 Å². The Morgan fingerprint density at radius 2 is 0.779 bits per heavy atom. The Morgan fingerprint density at radius 1 is 0.279 bits per heavy atom. The topological polar surface area (TPSA) is 51.8 Å². The van der Waals surface area contributed by atoms with Crippen LogP contribution in [0.1, 0.15) is 22.3 Å². The first kappa shape index (κ1) is 39.4. The Balaban J connectivity index is 1.09. The molecule has 318 valence electrons. The minimum atomic E-state index is -0.507. The summed E-state index contributed by atoms with van der Waals surface area (Å²) in [5.41, 5.74) is 17.8. The molecule has 12 aromatic rings. The van der Waals surface area contributed by atoms with E-state index in [4.69, 9.17) is 19.4 Å². The molecule has 0 N–H and O–H groups in total. The van der Waals surface area contributed by atoms with Crippen molar-refractivity contribution in [2.24, 2.45) is 0 Å². The molecule has 0 radical (unpaired) electrons. The monoisotopic (exact) mass is 867 g/mol. The van der Waals surface area contributed by atoms with Crippen molar-refractivity contribution in [1.82, 2.24) is 15.0 Å². The molecule has 0 saturated heterocycles. The maximum absolute atomic E-state index is 6.25. The summed E-state index contributed by atoms with van der Waals surface area (Å²) in [4.78, 5) is 16.0. The Bertz CT molecular complexity index is 3790. The SMILES string of the molecule is c1ccc(-c2cc(-c3ccc4c(c3)-c3ccccc3C4(c3ccccc3)c3ccccc3)c(-c3ccccc3)c(-c3nc(-c4ccccc4)nc(-c4ccc5oc6ccccc6c5c4)n3)c2)cc1. The Morgan fingerprint density at radius 3 is 1.49 bits per heavy atom. The summed E-state index contributed by atoms with van der Waals surface area (Å²) in [7, 11) is 0. The highest BCUT2D eigenvalue weighted by atomic mass is 16.3. The molecule has 2 aromatic heterocycles. The molecule has 0 atom stereocenters. The van der Waals surface area contributed by atoms with E-state index in [-0.39, 0.29) is 0 Å². The molecule has 68 heavy (non-hydrogen) atoms. The third-order valence-corrected chi connectivity index (χ3v) is 13.6. The van der Waals surface area contributed by atoms with E-state index in [0.29, 0.717) is 17.5 Å². The third-order valence-electron chi connectivity index (χ3n) is 13.6. The third kappa shape index (κ3) is 6.41. The van der Waals surface area contributed by atoms with E-state index in [1.165, 1.54) is 33.4 Å². The summed E-state index contributed by atoms with van der Waals surface area (Å²) in [6.45, 7) is 0. The van der Waals surface area contributed by atoms with E-state index in [1.54, 1.807) is 0 Å². The molecule has 4 nitrogen and oxygen atoms in total. The number of fused-ring (bicyclic) bond motifs is 6. The van der Waals surface area contributed by atoms with Gasteiger partial charge in [0, 0.05) is 33.0 Å². The zero-order chi connectivity index (χ0) is 45.0. The average Bonchev–Trinajstić information content (AvgIpc) is 3.95. The quantitative estimate of drug-likeness (QED) is 0.153. The maximum Gasteiger partial charge on any atom is 0.164 e. The lowest BCUT2D eigenvalue weighted by Crippen LogP contribution is -2.28. The van der Waals surface area contributed by atoms with Crippen LogP contribution >= 0.6 is 0 Å². The van der Waals surface area contributed by atoms with Crippen LogP contribution in [0.15, 0.2) is 253 Å². The fourth-order valence-electron chi connectivity index (χ4n) is 10.6. The second-order valence-electron chi connectivity index (χ2n) is 17.4. The van der Waals surface area contributed by atoms with Crippen molar-refractivity contribution >= 4 is 21.9 Å². The molecule has 10 aromatic carbocycles. The van der Waals surface area contributed by atoms with E-state index in [9.17, 15) is 0 Å². The number of rotatable bonds is 8. The van der Waals surface area contributed by atoms with Gasteiger partial charge in [-0.1, -0.05) is 206 Å². The van der Waals surface area contributed by atoms with Crippen LogP contribution < -0.4 is 0 Å². The number of hydrogen-bond donors (Lipinski definition) is 0. The summed E-state index contributed by atoms with van der Waals surface area (Å²) in [6, 6.07) is 88.5. The summed E-state index contributed by atoms with van der Waals surface area (Å²) in [5.74, 6) is 1.77. The number of hydrogen-bond acceptors (Lipinski definition) is 4. The van der Waals surface area contributed by atoms with Crippen LogP contribution in [0.2, 0.25) is 0 Å². The van der Waals surface area contributed by atoms with Crippen LogP contribution in [0.25, 0.3) is 101 Å². The normalized spacial score (nSPS) is 12.5. The van der Waals surface area contributed by atoms with Crippen LogP contribution in [0, 0.1) is 0 Å². The van der Waals surface area contributed by atoms with E-state index in [1.807, 2.05) is 42.5 Å². The van der Waals surface area contributed by atoms with Gasteiger partial charge in [0.05, 0.1) is 5.41 Å². The minimum Gasteiger partial charge on any atom is -0.456 e. The first-order valence-electron chi connectivity index (χ1n) is 23.1. The number of benzene rings is 10. The largest absolute Gasteiger partial charge is 0.456 e. The van der Waals surface area contributed by atoms with E-state index >= 15 is 0 Å². The Hall–Kier alpha value is -8.99. The Kier molecular flexibility index (Phi) is 9.36. The van der Waals surface area contributed by atoms with Crippen LogP contribution in [0.3, 0.4) is 0 Å². The lowest BCUT2D eigenvalue weighted by atomic mass is 9.67. The Labute approximate surface area is 394 Å². The predicted molar refractivity (Wildman–Crippen MR) is 277 cm³/mol. The second-order valence-corrected chi connectivity index (χ2v) is 17.4. The smallest absolute Gasteiger partial charge is 0.164 e. The second kappa shape index (κ2) is 16.2. The number of furan rings is 1. The highest BCUT2D eigenvalue weighted by Crippen LogP contribution is 2.57. The zero-order valence-corrected chi connectivity index (χ0v) is 36.9. The van der Waals surface area contributed by atoms with E-state index in [2.05, 4.69) is 206 Å². The van der Waals surface area contributed by atoms with Crippen molar-refractivity contribution in [1.29, 1.82) is 0 Å². The molecule has 4 heteroatoms. The minimum absolute atomic E-state index is 0.507. The molecule has 0 unspecified atom stereocenters. The molecule has 2 heterocycles. The summed E-state index contributed by atoms with van der Waals surface area (Å²) < 4.78 is 6.25. The van der Waals surface area contributed by atoms with Gasteiger partial charge >= 0.3 is 0 Å². The van der Waals surface area contributed by atoms with Gasteiger partial charge in [0.15, 0.2) is 17.5 Å². The molecule has 0 saturated carbocycles. The molecule has 1 aliphatic carbocycles. The van der Waals surface area contributed by atoms with Crippen molar-refractivity contribution in [2.45, 2.75) is 5.41 Å².